The molecule has 30 heavy (non-hydrogen) atoms. The van der Waals surface area contributed by atoms with Crippen LogP contribution in [0.1, 0.15) is 38.0 Å². The molecule has 1 atom stereocenters. The number of benzene rings is 1. The van der Waals surface area contributed by atoms with E-state index in [1.54, 1.807) is 21.1 Å². The van der Waals surface area contributed by atoms with Gasteiger partial charge in [0.2, 0.25) is 0 Å². The molecule has 0 radical (unpaired) electrons. The van der Waals surface area contributed by atoms with Crippen LogP contribution >= 0.6 is 11.3 Å². The molecule has 3 aromatic rings. The number of pyridine rings is 1. The number of nitrogens with zero attached hydrogens (tertiary/aromatic N) is 1. The third kappa shape index (κ3) is 4.31. The molecular weight excluding hydrogens is 392 g/mol. The number of amides is 1. The molecule has 6 heteroatoms. The summed E-state index contributed by atoms with van der Waals surface area (Å²) in [6.45, 7) is 8.87. The van der Waals surface area contributed by atoms with Crippen LogP contribution in [-0.2, 0) is 0 Å². The number of aromatic nitrogens is 1. The number of carbonyl (C=O) groups excluding carboxylic acids is 1. The lowest BCUT2D eigenvalue weighted by atomic mass is 9.95. The molecule has 0 saturated carbocycles. The number of quaternary nitrogens is 2. The van der Waals surface area contributed by atoms with Crippen LogP contribution in [0.4, 0.5) is 5.00 Å². The highest BCUT2D eigenvalue weighted by atomic mass is 32.1. The Labute approximate surface area is 182 Å². The average Bonchev–Trinajstić information content (AvgIpc) is 3.04. The zero-order valence-electron chi connectivity index (χ0n) is 17.9. The van der Waals surface area contributed by atoms with Crippen molar-refractivity contribution in [3.05, 3.63) is 82.0 Å². The molecule has 1 fully saturated rings. The Hall–Kier alpha value is -2.54. The van der Waals surface area contributed by atoms with E-state index >= 15 is 0 Å². The second-order valence-corrected chi connectivity index (χ2v) is 9.40. The Balaban J connectivity index is 1.74. The van der Waals surface area contributed by atoms with Crippen molar-refractivity contribution in [1.29, 1.82) is 0 Å². The molecule has 1 aromatic carbocycles. The fraction of sp³-hybridized carbons (Fsp3) is 0.333. The van der Waals surface area contributed by atoms with Crippen molar-refractivity contribution in [2.45, 2.75) is 19.9 Å². The molecule has 1 aliphatic rings. The van der Waals surface area contributed by atoms with Crippen LogP contribution in [-0.4, -0.2) is 44.1 Å². The van der Waals surface area contributed by atoms with E-state index in [0.717, 1.165) is 31.2 Å². The van der Waals surface area contributed by atoms with Crippen LogP contribution in [0.25, 0.3) is 0 Å². The van der Waals surface area contributed by atoms with Gasteiger partial charge in [-0.2, -0.15) is 0 Å². The highest BCUT2D eigenvalue weighted by Gasteiger charge is 2.35. The molecule has 1 amide bonds. The third-order valence-corrected chi connectivity index (χ3v) is 7.32. The van der Waals surface area contributed by atoms with Gasteiger partial charge >= 0.3 is 0 Å². The number of piperazine rings is 1. The molecule has 0 aliphatic carbocycles. The van der Waals surface area contributed by atoms with Gasteiger partial charge in [0.25, 0.3) is 5.91 Å². The molecule has 0 spiro atoms. The SMILES string of the molecule is Cc1sc(NC(=O)c2ccccc2)c([C@@H](c2ccncc2)[NH+]2CC[NH+](C)CC2)c1C. The van der Waals surface area contributed by atoms with Crippen molar-refractivity contribution < 1.29 is 14.6 Å². The first-order chi connectivity index (χ1) is 14.5. The smallest absolute Gasteiger partial charge is 0.256 e. The number of anilines is 1. The molecule has 1 saturated heterocycles. The molecule has 2 aromatic heterocycles. The van der Waals surface area contributed by atoms with Crippen molar-refractivity contribution in [1.82, 2.24) is 4.98 Å². The minimum absolute atomic E-state index is 0.0515. The Bertz CT molecular complexity index is 995. The van der Waals surface area contributed by atoms with Crippen molar-refractivity contribution >= 4 is 22.2 Å². The van der Waals surface area contributed by atoms with Crippen LogP contribution in [0, 0.1) is 13.8 Å². The molecular formula is C24H30N4OS+2. The molecule has 1 aliphatic heterocycles. The van der Waals surface area contributed by atoms with E-state index in [4.69, 9.17) is 0 Å². The predicted octanol–water partition coefficient (Wildman–Crippen LogP) is 1.51. The quantitative estimate of drug-likeness (QED) is 0.584. The van der Waals surface area contributed by atoms with Crippen molar-refractivity contribution in [2.75, 3.05) is 38.5 Å². The first-order valence-corrected chi connectivity index (χ1v) is 11.4. The highest BCUT2D eigenvalue weighted by molar-refractivity contribution is 7.16. The number of nitrogens with one attached hydrogen (secondary N) is 3. The first kappa shape index (κ1) is 20.7. The average molecular weight is 423 g/mol. The summed E-state index contributed by atoms with van der Waals surface area (Å²) in [6, 6.07) is 13.9. The number of thiophene rings is 1. The Morgan fingerprint density at radius 2 is 1.70 bits per heavy atom. The van der Waals surface area contributed by atoms with E-state index in [-0.39, 0.29) is 11.9 Å². The van der Waals surface area contributed by atoms with Gasteiger partial charge in [0.1, 0.15) is 37.2 Å². The summed E-state index contributed by atoms with van der Waals surface area (Å²) >= 11 is 1.69. The fourth-order valence-corrected chi connectivity index (χ4v) is 5.39. The standard InChI is InChI=1S/C24H28N4OS/c1-17-18(2)30-24(26-23(29)20-7-5-4-6-8-20)21(17)22(19-9-11-25-12-10-19)28-15-13-27(3)14-16-28/h4-12,22H,13-16H2,1-3H3,(H,26,29)/p+2/t22-/m1/s1. The second-order valence-electron chi connectivity index (χ2n) is 8.18. The lowest BCUT2D eigenvalue weighted by Gasteiger charge is -2.34. The van der Waals surface area contributed by atoms with E-state index in [9.17, 15) is 4.79 Å². The molecule has 156 valence electrons. The summed E-state index contributed by atoms with van der Waals surface area (Å²) in [4.78, 5) is 21.6. The monoisotopic (exact) mass is 422 g/mol. The van der Waals surface area contributed by atoms with Gasteiger partial charge in [0, 0.05) is 28.4 Å². The topological polar surface area (TPSA) is 50.9 Å². The summed E-state index contributed by atoms with van der Waals surface area (Å²) in [7, 11) is 2.27. The van der Waals surface area contributed by atoms with Crippen LogP contribution in [0.5, 0.6) is 0 Å². The fourth-order valence-electron chi connectivity index (χ4n) is 4.30. The Morgan fingerprint density at radius 3 is 2.37 bits per heavy atom. The maximum atomic E-state index is 12.9. The van der Waals surface area contributed by atoms with E-state index in [0.29, 0.717) is 5.56 Å². The van der Waals surface area contributed by atoms with E-state index < -0.39 is 0 Å². The van der Waals surface area contributed by atoms with Gasteiger partial charge in [-0.3, -0.25) is 9.78 Å². The molecule has 4 rings (SSSR count). The van der Waals surface area contributed by atoms with E-state index in [2.05, 4.69) is 43.3 Å². The number of hydrogen-bond acceptors (Lipinski definition) is 3. The van der Waals surface area contributed by atoms with Gasteiger partial charge in [-0.1, -0.05) is 18.2 Å². The Morgan fingerprint density at radius 1 is 1.03 bits per heavy atom. The second kappa shape index (κ2) is 9.08. The summed E-state index contributed by atoms with van der Waals surface area (Å²) in [6.07, 6.45) is 3.75. The third-order valence-electron chi connectivity index (χ3n) is 6.18. The summed E-state index contributed by atoms with van der Waals surface area (Å²) in [5.41, 5.74) is 4.48. The molecule has 3 N–H and O–H groups in total. The number of likely N-dealkylation sites (N-methyl/N-ethyl adjacent to an activating group) is 1. The van der Waals surface area contributed by atoms with Gasteiger partial charge in [0.05, 0.1) is 12.6 Å². The van der Waals surface area contributed by atoms with Crippen LogP contribution in [0.3, 0.4) is 0 Å². The van der Waals surface area contributed by atoms with Gasteiger partial charge in [-0.15, -0.1) is 11.3 Å². The van der Waals surface area contributed by atoms with Crippen LogP contribution in [0.15, 0.2) is 54.9 Å². The number of hydrogen-bond donors (Lipinski definition) is 3. The lowest BCUT2D eigenvalue weighted by Crippen LogP contribution is -3.27. The van der Waals surface area contributed by atoms with Crippen molar-refractivity contribution in [2.24, 2.45) is 0 Å². The van der Waals surface area contributed by atoms with Gasteiger partial charge < -0.3 is 15.1 Å². The van der Waals surface area contributed by atoms with Crippen molar-refractivity contribution in [3.8, 4) is 0 Å². The summed E-state index contributed by atoms with van der Waals surface area (Å²) < 4.78 is 0. The summed E-state index contributed by atoms with van der Waals surface area (Å²) in [5.74, 6) is -0.0515. The van der Waals surface area contributed by atoms with E-state index in [1.165, 1.54) is 21.6 Å². The molecule has 5 nitrogen and oxygen atoms in total. The molecule has 0 unspecified atom stereocenters. The van der Waals surface area contributed by atoms with E-state index in [1.807, 2.05) is 42.7 Å². The van der Waals surface area contributed by atoms with Crippen molar-refractivity contribution in [3.63, 3.8) is 0 Å². The maximum Gasteiger partial charge on any atom is 0.256 e. The zero-order chi connectivity index (χ0) is 21.1. The lowest BCUT2D eigenvalue weighted by molar-refractivity contribution is -1.02. The summed E-state index contributed by atoms with van der Waals surface area (Å²) in [5, 5.41) is 4.20. The highest BCUT2D eigenvalue weighted by Crippen LogP contribution is 2.38. The maximum absolute atomic E-state index is 12.9. The molecule has 3 heterocycles. The van der Waals surface area contributed by atoms with Gasteiger partial charge in [-0.05, 0) is 43.7 Å². The molecule has 0 bridgehead atoms. The first-order valence-electron chi connectivity index (χ1n) is 10.6. The largest absolute Gasteiger partial charge is 0.328 e. The number of aryl methyl sites for hydroxylation is 1. The zero-order valence-corrected chi connectivity index (χ0v) is 18.7. The predicted molar refractivity (Wildman–Crippen MR) is 122 cm³/mol. The van der Waals surface area contributed by atoms with Crippen LogP contribution < -0.4 is 15.1 Å². The minimum Gasteiger partial charge on any atom is -0.328 e. The van der Waals surface area contributed by atoms with Crippen LogP contribution in [0.2, 0.25) is 0 Å². The van der Waals surface area contributed by atoms with Gasteiger partial charge in [0.15, 0.2) is 0 Å². The minimum atomic E-state index is -0.0515. The number of rotatable bonds is 5. The normalized spacial score (nSPS) is 20.0. The number of carbonyl (C=O) groups is 1. The Kier molecular flexibility index (Phi) is 6.27. The van der Waals surface area contributed by atoms with Gasteiger partial charge in [-0.25, -0.2) is 0 Å².